The first-order valence-corrected chi connectivity index (χ1v) is 9.74. The molecule has 0 N–H and O–H groups in total. The number of imide groups is 1. The largest absolute Gasteiger partial charge is 0.493 e. The van der Waals surface area contributed by atoms with Crippen LogP contribution in [0.25, 0.3) is 6.08 Å². The number of carbonyl (C=O) groups excluding carboxylic acids is 2. The Balaban J connectivity index is 1.62. The molecule has 0 unspecified atom stereocenters. The van der Waals surface area contributed by atoms with Gasteiger partial charge in [0.05, 0.1) is 18.1 Å². The molecule has 6 nitrogen and oxygen atoms in total. The molecule has 2 aliphatic rings. The van der Waals surface area contributed by atoms with E-state index in [9.17, 15) is 9.59 Å². The summed E-state index contributed by atoms with van der Waals surface area (Å²) in [7, 11) is 0. The number of nitrogens with zero attached hydrogens (tertiary/aromatic N) is 1. The van der Waals surface area contributed by atoms with Crippen LogP contribution in [0.1, 0.15) is 23.6 Å². The van der Waals surface area contributed by atoms with Crippen LogP contribution in [-0.2, 0) is 11.3 Å². The van der Waals surface area contributed by atoms with E-state index in [-0.39, 0.29) is 24.5 Å². The van der Waals surface area contributed by atoms with Crippen molar-refractivity contribution in [2.75, 3.05) is 13.4 Å². The molecule has 0 radical (unpaired) electrons. The fraction of sp³-hybridized carbons (Fsp3) is 0.238. The predicted molar refractivity (Wildman–Crippen MR) is 106 cm³/mol. The summed E-state index contributed by atoms with van der Waals surface area (Å²) in [4.78, 5) is 26.9. The molecule has 0 bridgehead atoms. The lowest BCUT2D eigenvalue weighted by atomic mass is 10.1. The van der Waals surface area contributed by atoms with Gasteiger partial charge in [-0.15, -0.1) is 0 Å². The Morgan fingerprint density at radius 1 is 1.18 bits per heavy atom. The average Bonchev–Trinajstić information content (AvgIpc) is 3.22. The molecule has 28 heavy (non-hydrogen) atoms. The molecule has 0 atom stereocenters. The third-order valence-electron chi connectivity index (χ3n) is 4.39. The molecule has 0 spiro atoms. The van der Waals surface area contributed by atoms with E-state index in [1.807, 2.05) is 38.1 Å². The maximum Gasteiger partial charge on any atom is 0.293 e. The zero-order valence-electron chi connectivity index (χ0n) is 15.6. The van der Waals surface area contributed by atoms with E-state index in [0.29, 0.717) is 34.3 Å². The predicted octanol–water partition coefficient (Wildman–Crippen LogP) is 4.36. The summed E-state index contributed by atoms with van der Waals surface area (Å²) in [6.45, 7) is 4.73. The molecule has 0 saturated carbocycles. The zero-order chi connectivity index (χ0) is 19.7. The van der Waals surface area contributed by atoms with E-state index in [1.54, 1.807) is 18.2 Å². The summed E-state index contributed by atoms with van der Waals surface area (Å²) in [6.07, 6.45) is 1.67. The first kappa shape index (κ1) is 18.4. The second-order valence-corrected chi connectivity index (χ2v) is 7.43. The highest BCUT2D eigenvalue weighted by Gasteiger charge is 2.35. The lowest BCUT2D eigenvalue weighted by Crippen LogP contribution is -2.27. The van der Waals surface area contributed by atoms with Gasteiger partial charge in [0.1, 0.15) is 5.75 Å². The van der Waals surface area contributed by atoms with E-state index in [4.69, 9.17) is 14.2 Å². The van der Waals surface area contributed by atoms with Gasteiger partial charge in [0.25, 0.3) is 11.1 Å². The van der Waals surface area contributed by atoms with Crippen molar-refractivity contribution in [3.63, 3.8) is 0 Å². The van der Waals surface area contributed by atoms with Gasteiger partial charge in [0.15, 0.2) is 11.5 Å². The van der Waals surface area contributed by atoms with E-state index < -0.39 is 0 Å². The topological polar surface area (TPSA) is 65.1 Å². The van der Waals surface area contributed by atoms with Gasteiger partial charge in [-0.3, -0.25) is 14.5 Å². The van der Waals surface area contributed by atoms with Crippen LogP contribution >= 0.6 is 11.8 Å². The molecule has 7 heteroatoms. The van der Waals surface area contributed by atoms with E-state index in [1.165, 1.54) is 4.90 Å². The van der Waals surface area contributed by atoms with Crippen molar-refractivity contribution >= 4 is 29.0 Å². The first-order valence-electron chi connectivity index (χ1n) is 8.92. The maximum atomic E-state index is 12.8. The van der Waals surface area contributed by atoms with Crippen LogP contribution in [0.2, 0.25) is 0 Å². The third-order valence-corrected chi connectivity index (χ3v) is 5.30. The molecule has 144 valence electrons. The Morgan fingerprint density at radius 3 is 2.71 bits per heavy atom. The molecule has 2 amide bonds. The summed E-state index contributed by atoms with van der Waals surface area (Å²) in [5, 5.41) is -0.281. The van der Waals surface area contributed by atoms with Crippen molar-refractivity contribution in [1.29, 1.82) is 0 Å². The van der Waals surface area contributed by atoms with E-state index in [2.05, 4.69) is 0 Å². The molecular weight excluding hydrogens is 378 g/mol. The number of hydrogen-bond acceptors (Lipinski definition) is 6. The highest BCUT2D eigenvalue weighted by molar-refractivity contribution is 8.18. The van der Waals surface area contributed by atoms with Crippen LogP contribution in [0.4, 0.5) is 4.79 Å². The average molecular weight is 397 g/mol. The van der Waals surface area contributed by atoms with Crippen LogP contribution in [0.5, 0.6) is 17.2 Å². The van der Waals surface area contributed by atoms with Crippen molar-refractivity contribution in [1.82, 2.24) is 4.90 Å². The Hall–Kier alpha value is -2.93. The number of hydrogen-bond donors (Lipinski definition) is 0. The van der Waals surface area contributed by atoms with E-state index in [0.717, 1.165) is 22.9 Å². The fourth-order valence-electron chi connectivity index (χ4n) is 3.10. The summed E-state index contributed by atoms with van der Waals surface area (Å²) in [5.41, 5.74) is 2.68. The van der Waals surface area contributed by atoms with Gasteiger partial charge in [-0.05, 0) is 43.3 Å². The number of rotatable bonds is 5. The smallest absolute Gasteiger partial charge is 0.293 e. The van der Waals surface area contributed by atoms with Crippen molar-refractivity contribution < 1.29 is 23.8 Å². The van der Waals surface area contributed by atoms with Crippen molar-refractivity contribution in [2.24, 2.45) is 0 Å². The number of ether oxygens (including phenoxy) is 3. The minimum atomic E-state index is -0.309. The van der Waals surface area contributed by atoms with Crippen molar-refractivity contribution in [2.45, 2.75) is 20.4 Å². The van der Waals surface area contributed by atoms with Crippen LogP contribution < -0.4 is 14.2 Å². The monoisotopic (exact) mass is 397 g/mol. The maximum absolute atomic E-state index is 12.8. The summed E-state index contributed by atoms with van der Waals surface area (Å²) in [5.74, 6) is 1.47. The SMILES string of the molecule is CCOc1cc2c(cc1/C=C1/SC(=O)N(Cc3cccc(C)c3)C1=O)OCO2. The summed E-state index contributed by atoms with van der Waals surface area (Å²) >= 11 is 0.931. The van der Waals surface area contributed by atoms with Gasteiger partial charge in [0, 0.05) is 11.6 Å². The lowest BCUT2D eigenvalue weighted by Gasteiger charge is -2.13. The number of fused-ring (bicyclic) bond motifs is 1. The Morgan fingerprint density at radius 2 is 1.96 bits per heavy atom. The van der Waals surface area contributed by atoms with Gasteiger partial charge in [-0.1, -0.05) is 29.8 Å². The van der Waals surface area contributed by atoms with Gasteiger partial charge >= 0.3 is 0 Å². The molecule has 2 aromatic rings. The minimum Gasteiger partial charge on any atom is -0.493 e. The number of amides is 2. The molecule has 1 fully saturated rings. The number of aryl methyl sites for hydroxylation is 1. The molecule has 0 aromatic heterocycles. The molecule has 4 rings (SSSR count). The Labute approximate surface area is 167 Å². The highest BCUT2D eigenvalue weighted by Crippen LogP contribution is 2.41. The Kier molecular flexibility index (Phi) is 5.00. The van der Waals surface area contributed by atoms with Gasteiger partial charge in [0.2, 0.25) is 6.79 Å². The summed E-state index contributed by atoms with van der Waals surface area (Å²) < 4.78 is 16.5. The number of thioether (sulfide) groups is 1. The number of carbonyl (C=O) groups is 2. The van der Waals surface area contributed by atoms with E-state index >= 15 is 0 Å². The van der Waals surface area contributed by atoms with Gasteiger partial charge in [-0.2, -0.15) is 0 Å². The van der Waals surface area contributed by atoms with Crippen LogP contribution in [-0.4, -0.2) is 29.4 Å². The highest BCUT2D eigenvalue weighted by atomic mass is 32.2. The van der Waals surface area contributed by atoms with Crippen molar-refractivity contribution in [3.05, 3.63) is 58.0 Å². The zero-order valence-corrected chi connectivity index (χ0v) is 16.4. The molecular formula is C21H19NO5S. The summed E-state index contributed by atoms with van der Waals surface area (Å²) in [6, 6.07) is 11.3. The van der Waals surface area contributed by atoms with Gasteiger partial charge in [-0.25, -0.2) is 0 Å². The van der Waals surface area contributed by atoms with Crippen LogP contribution in [0.15, 0.2) is 41.3 Å². The fourth-order valence-corrected chi connectivity index (χ4v) is 3.93. The van der Waals surface area contributed by atoms with Crippen LogP contribution in [0, 0.1) is 6.92 Å². The molecule has 2 heterocycles. The molecule has 2 aliphatic heterocycles. The van der Waals surface area contributed by atoms with Crippen molar-refractivity contribution in [3.8, 4) is 17.2 Å². The van der Waals surface area contributed by atoms with Gasteiger partial charge < -0.3 is 14.2 Å². The quantitative estimate of drug-likeness (QED) is 0.699. The minimum absolute atomic E-state index is 0.150. The molecule has 1 saturated heterocycles. The standard InChI is InChI=1S/C21H19NO5S/c1-3-25-16-10-18-17(26-12-27-18)8-15(16)9-19-20(23)22(21(24)28-19)11-14-6-4-5-13(2)7-14/h4-10H,3,11-12H2,1-2H3/b19-9+. The Bertz CT molecular complexity index is 985. The molecule has 2 aromatic carbocycles. The van der Waals surface area contributed by atoms with Crippen LogP contribution in [0.3, 0.4) is 0 Å². The lowest BCUT2D eigenvalue weighted by molar-refractivity contribution is -0.123. The molecule has 0 aliphatic carbocycles. The third kappa shape index (κ3) is 3.57. The second-order valence-electron chi connectivity index (χ2n) is 6.43. The number of benzene rings is 2. The second kappa shape index (κ2) is 7.59. The first-order chi connectivity index (χ1) is 13.5. The normalized spacial score (nSPS) is 16.9.